The van der Waals surface area contributed by atoms with Crippen LogP contribution in [0.1, 0.15) is 5.56 Å². The number of halogens is 1. The highest BCUT2D eigenvalue weighted by atomic mass is 32.2. The molecule has 1 aromatic heterocycles. The van der Waals surface area contributed by atoms with Crippen LogP contribution in [0.2, 0.25) is 0 Å². The van der Waals surface area contributed by atoms with Gasteiger partial charge in [0.1, 0.15) is 5.82 Å². The molecular formula is C21H15FN4O2S. The molecule has 6 nitrogen and oxygen atoms in total. The molecular weight excluding hydrogens is 391 g/mol. The van der Waals surface area contributed by atoms with Gasteiger partial charge < -0.3 is 0 Å². The Labute approximate surface area is 170 Å². The van der Waals surface area contributed by atoms with Gasteiger partial charge in [-0.3, -0.25) is 14.7 Å². The molecule has 4 rings (SSSR count). The summed E-state index contributed by atoms with van der Waals surface area (Å²) in [5, 5.41) is 19.9. The summed E-state index contributed by atoms with van der Waals surface area (Å²) in [6.45, 7) is 0. The molecule has 0 atom stereocenters. The number of benzene rings is 3. The van der Waals surface area contributed by atoms with Gasteiger partial charge in [-0.15, -0.1) is 10.2 Å². The number of non-ortho nitro benzene ring substituents is 1. The number of aromatic nitrogens is 3. The zero-order valence-corrected chi connectivity index (χ0v) is 15.9. The van der Waals surface area contributed by atoms with E-state index < -0.39 is 4.92 Å². The molecule has 1 heterocycles. The minimum atomic E-state index is -0.427. The fourth-order valence-corrected chi connectivity index (χ4v) is 3.76. The average Bonchev–Trinajstić information content (AvgIpc) is 3.17. The standard InChI is InChI=1S/C21H15FN4O2S/c22-19-9-5-4-8-18(19)20-23-24-21(25(20)16-6-2-1-3-7-16)29-14-15-10-12-17(13-11-15)26(27)28/h1-13H,14H2. The highest BCUT2D eigenvalue weighted by Gasteiger charge is 2.18. The molecule has 0 unspecified atom stereocenters. The van der Waals surface area contributed by atoms with E-state index in [1.807, 2.05) is 34.9 Å². The minimum Gasteiger partial charge on any atom is -0.270 e. The molecule has 29 heavy (non-hydrogen) atoms. The first-order chi connectivity index (χ1) is 14.1. The first-order valence-electron chi connectivity index (χ1n) is 8.75. The molecule has 0 aliphatic carbocycles. The minimum absolute atomic E-state index is 0.0491. The zero-order valence-electron chi connectivity index (χ0n) is 15.1. The first kappa shape index (κ1) is 18.8. The van der Waals surface area contributed by atoms with Crippen molar-refractivity contribution >= 4 is 17.4 Å². The van der Waals surface area contributed by atoms with Crippen LogP contribution < -0.4 is 0 Å². The second-order valence-electron chi connectivity index (χ2n) is 6.17. The Morgan fingerprint density at radius 1 is 0.931 bits per heavy atom. The summed E-state index contributed by atoms with van der Waals surface area (Å²) in [5.74, 6) is 0.588. The van der Waals surface area contributed by atoms with Gasteiger partial charge in [-0.1, -0.05) is 54.2 Å². The molecule has 0 fully saturated rings. The van der Waals surface area contributed by atoms with Crippen LogP contribution in [0.5, 0.6) is 0 Å². The predicted molar refractivity (Wildman–Crippen MR) is 109 cm³/mol. The first-order valence-corrected chi connectivity index (χ1v) is 9.74. The van der Waals surface area contributed by atoms with Gasteiger partial charge in [-0.05, 0) is 29.8 Å². The number of nitro benzene ring substituents is 1. The van der Waals surface area contributed by atoms with Crippen LogP contribution in [-0.2, 0) is 5.75 Å². The summed E-state index contributed by atoms with van der Waals surface area (Å²) in [7, 11) is 0. The topological polar surface area (TPSA) is 73.8 Å². The molecule has 0 amide bonds. The van der Waals surface area contributed by atoms with Crippen LogP contribution in [0.3, 0.4) is 0 Å². The molecule has 0 saturated carbocycles. The van der Waals surface area contributed by atoms with Gasteiger partial charge in [-0.2, -0.15) is 0 Å². The largest absolute Gasteiger partial charge is 0.270 e. The molecule has 144 valence electrons. The Morgan fingerprint density at radius 3 is 2.31 bits per heavy atom. The lowest BCUT2D eigenvalue weighted by molar-refractivity contribution is -0.384. The van der Waals surface area contributed by atoms with Crippen molar-refractivity contribution in [1.29, 1.82) is 0 Å². The highest BCUT2D eigenvalue weighted by Crippen LogP contribution is 2.31. The van der Waals surface area contributed by atoms with Crippen LogP contribution in [0, 0.1) is 15.9 Å². The Hall–Kier alpha value is -3.52. The summed E-state index contributed by atoms with van der Waals surface area (Å²) in [6.07, 6.45) is 0. The van der Waals surface area contributed by atoms with E-state index >= 15 is 0 Å². The summed E-state index contributed by atoms with van der Waals surface area (Å²) in [4.78, 5) is 10.4. The lowest BCUT2D eigenvalue weighted by Gasteiger charge is -2.10. The fourth-order valence-electron chi connectivity index (χ4n) is 2.85. The number of thioether (sulfide) groups is 1. The molecule has 0 aliphatic rings. The Morgan fingerprint density at radius 2 is 1.62 bits per heavy atom. The Bertz CT molecular complexity index is 1150. The van der Waals surface area contributed by atoms with E-state index in [1.165, 1.54) is 30.0 Å². The number of rotatable bonds is 6. The third-order valence-corrected chi connectivity index (χ3v) is 5.28. The van der Waals surface area contributed by atoms with E-state index in [0.717, 1.165) is 11.3 Å². The normalized spacial score (nSPS) is 10.8. The van der Waals surface area contributed by atoms with Gasteiger partial charge in [0.05, 0.1) is 10.5 Å². The second kappa shape index (κ2) is 8.24. The molecule has 0 N–H and O–H groups in total. The Balaban J connectivity index is 1.68. The Kier molecular flexibility index (Phi) is 5.35. The quantitative estimate of drug-likeness (QED) is 0.248. The molecule has 3 aromatic carbocycles. The van der Waals surface area contributed by atoms with Crippen molar-refractivity contribution in [3.05, 3.63) is 100 Å². The summed E-state index contributed by atoms with van der Waals surface area (Å²) < 4.78 is 16.2. The van der Waals surface area contributed by atoms with Crippen molar-refractivity contribution in [1.82, 2.24) is 14.8 Å². The second-order valence-corrected chi connectivity index (χ2v) is 7.11. The molecule has 4 aromatic rings. The predicted octanol–water partition coefficient (Wildman–Crippen LogP) is 5.27. The fraction of sp³-hybridized carbons (Fsp3) is 0.0476. The number of nitro groups is 1. The molecule has 8 heteroatoms. The molecule has 0 aliphatic heterocycles. The van der Waals surface area contributed by atoms with Crippen LogP contribution in [0.15, 0.2) is 84.0 Å². The van der Waals surface area contributed by atoms with E-state index in [2.05, 4.69) is 10.2 Å². The average molecular weight is 406 g/mol. The van der Waals surface area contributed by atoms with Gasteiger partial charge in [0.25, 0.3) is 5.69 Å². The monoisotopic (exact) mass is 406 g/mol. The number of hydrogen-bond acceptors (Lipinski definition) is 5. The molecule has 0 saturated heterocycles. The molecule has 0 radical (unpaired) electrons. The zero-order chi connectivity index (χ0) is 20.2. The van der Waals surface area contributed by atoms with E-state index in [4.69, 9.17) is 0 Å². The smallest absolute Gasteiger partial charge is 0.269 e. The van der Waals surface area contributed by atoms with Crippen LogP contribution in [0.4, 0.5) is 10.1 Å². The van der Waals surface area contributed by atoms with E-state index in [-0.39, 0.29) is 11.5 Å². The van der Waals surface area contributed by atoms with Crippen LogP contribution in [0.25, 0.3) is 17.1 Å². The van der Waals surface area contributed by atoms with Gasteiger partial charge in [0.2, 0.25) is 0 Å². The number of hydrogen-bond donors (Lipinski definition) is 0. The van der Waals surface area contributed by atoms with Crippen LogP contribution in [-0.4, -0.2) is 19.7 Å². The van der Waals surface area contributed by atoms with Gasteiger partial charge in [-0.25, -0.2) is 4.39 Å². The summed E-state index contributed by atoms with van der Waals surface area (Å²) in [6, 6.07) is 22.3. The van der Waals surface area contributed by atoms with Gasteiger partial charge in [0.15, 0.2) is 11.0 Å². The van der Waals surface area contributed by atoms with Crippen molar-refractivity contribution in [2.75, 3.05) is 0 Å². The lowest BCUT2D eigenvalue weighted by atomic mass is 10.2. The van der Waals surface area contributed by atoms with E-state index in [9.17, 15) is 14.5 Å². The van der Waals surface area contributed by atoms with Gasteiger partial charge >= 0.3 is 0 Å². The maximum atomic E-state index is 14.4. The maximum absolute atomic E-state index is 14.4. The lowest BCUT2D eigenvalue weighted by Crippen LogP contribution is -2.00. The van der Waals surface area contributed by atoms with Crippen molar-refractivity contribution in [2.45, 2.75) is 10.9 Å². The van der Waals surface area contributed by atoms with Crippen molar-refractivity contribution in [3.63, 3.8) is 0 Å². The summed E-state index contributed by atoms with van der Waals surface area (Å²) in [5.41, 5.74) is 2.15. The van der Waals surface area contributed by atoms with Crippen molar-refractivity contribution in [3.8, 4) is 17.1 Å². The molecule has 0 spiro atoms. The van der Waals surface area contributed by atoms with Crippen molar-refractivity contribution < 1.29 is 9.31 Å². The molecule has 0 bridgehead atoms. The van der Waals surface area contributed by atoms with E-state index in [1.54, 1.807) is 30.3 Å². The van der Waals surface area contributed by atoms with Crippen LogP contribution >= 0.6 is 11.8 Å². The summed E-state index contributed by atoms with van der Waals surface area (Å²) >= 11 is 1.43. The van der Waals surface area contributed by atoms with E-state index in [0.29, 0.717) is 22.3 Å². The third kappa shape index (κ3) is 4.02. The third-order valence-electron chi connectivity index (χ3n) is 4.28. The number of para-hydroxylation sites is 1. The maximum Gasteiger partial charge on any atom is 0.269 e. The highest BCUT2D eigenvalue weighted by molar-refractivity contribution is 7.98. The number of nitrogens with zero attached hydrogens (tertiary/aromatic N) is 4. The van der Waals surface area contributed by atoms with Crippen molar-refractivity contribution in [2.24, 2.45) is 0 Å². The SMILES string of the molecule is O=[N+]([O-])c1ccc(CSc2nnc(-c3ccccc3F)n2-c2ccccc2)cc1. The van der Waals surface area contributed by atoms with Gasteiger partial charge in [0, 0.05) is 23.6 Å².